The normalized spacial score (nSPS) is 21.8. The first-order valence-electron chi connectivity index (χ1n) is 8.53. The molecule has 1 fully saturated rings. The lowest BCUT2D eigenvalue weighted by atomic mass is 9.93. The summed E-state index contributed by atoms with van der Waals surface area (Å²) in [6, 6.07) is 6.26. The summed E-state index contributed by atoms with van der Waals surface area (Å²) >= 11 is 0. The summed E-state index contributed by atoms with van der Waals surface area (Å²) in [5.41, 5.74) is 1.61. The van der Waals surface area contributed by atoms with Gasteiger partial charge in [-0.1, -0.05) is 17.3 Å². The highest BCUT2D eigenvalue weighted by atomic mass is 16.5. The molecule has 0 amide bonds. The Bertz CT molecular complexity index is 659. The minimum atomic E-state index is -0.745. The van der Waals surface area contributed by atoms with Crippen LogP contribution in [0.3, 0.4) is 0 Å². The molecule has 24 heavy (non-hydrogen) atoms. The van der Waals surface area contributed by atoms with Crippen molar-refractivity contribution in [2.75, 3.05) is 26.2 Å². The molecule has 0 saturated carbocycles. The number of hydrogen-bond acceptors (Lipinski definition) is 5. The summed E-state index contributed by atoms with van der Waals surface area (Å²) in [4.78, 5) is 2.27. The highest BCUT2D eigenvalue weighted by molar-refractivity contribution is 5.35. The topological polar surface area (TPSA) is 63.4 Å². The van der Waals surface area contributed by atoms with Crippen molar-refractivity contribution in [3.05, 3.63) is 41.7 Å². The number of ether oxygens (including phenoxy) is 1. The molecule has 1 aliphatic heterocycles. The van der Waals surface area contributed by atoms with Crippen molar-refractivity contribution in [1.82, 2.24) is 19.9 Å². The van der Waals surface area contributed by atoms with Crippen molar-refractivity contribution in [2.24, 2.45) is 0 Å². The Kier molecular flexibility index (Phi) is 5.16. The molecule has 6 heteroatoms. The Labute approximate surface area is 143 Å². The number of aromatic nitrogens is 3. The largest absolute Gasteiger partial charge is 0.492 e. The molecule has 1 N–H and O–H groups in total. The minimum Gasteiger partial charge on any atom is -0.492 e. The zero-order valence-electron chi connectivity index (χ0n) is 14.5. The lowest BCUT2D eigenvalue weighted by Gasteiger charge is -2.39. The summed E-state index contributed by atoms with van der Waals surface area (Å²) in [6.07, 6.45) is 5.21. The predicted octanol–water partition coefficient (Wildman–Crippen LogP) is 1.80. The molecule has 1 saturated heterocycles. The van der Waals surface area contributed by atoms with E-state index in [1.165, 1.54) is 5.56 Å². The zero-order chi connectivity index (χ0) is 17.0. The molecular formula is C18H26N4O2. The Morgan fingerprint density at radius 2 is 2.21 bits per heavy atom. The number of benzene rings is 1. The average molecular weight is 330 g/mol. The molecule has 0 bridgehead atoms. The van der Waals surface area contributed by atoms with E-state index < -0.39 is 5.60 Å². The second kappa shape index (κ2) is 7.32. The van der Waals surface area contributed by atoms with Gasteiger partial charge in [0.2, 0.25) is 0 Å². The van der Waals surface area contributed by atoms with E-state index >= 15 is 0 Å². The molecule has 1 unspecified atom stereocenters. The molecule has 3 rings (SSSR count). The number of piperidine rings is 1. The maximum absolute atomic E-state index is 10.8. The second-order valence-electron chi connectivity index (χ2n) is 6.82. The summed E-state index contributed by atoms with van der Waals surface area (Å²) < 4.78 is 7.65. The Balaban J connectivity index is 1.51. The number of aryl methyl sites for hydroxylation is 2. The summed E-state index contributed by atoms with van der Waals surface area (Å²) in [6.45, 7) is 7.70. The smallest absolute Gasteiger partial charge is 0.122 e. The molecule has 130 valence electrons. The molecule has 0 radical (unpaired) electrons. The van der Waals surface area contributed by atoms with Crippen LogP contribution in [0.5, 0.6) is 5.75 Å². The molecule has 1 aromatic heterocycles. The van der Waals surface area contributed by atoms with E-state index in [-0.39, 0.29) is 0 Å². The van der Waals surface area contributed by atoms with Gasteiger partial charge in [0.25, 0.3) is 0 Å². The summed E-state index contributed by atoms with van der Waals surface area (Å²) in [7, 11) is 0. The first-order valence-corrected chi connectivity index (χ1v) is 8.53. The van der Waals surface area contributed by atoms with Gasteiger partial charge < -0.3 is 9.84 Å². The van der Waals surface area contributed by atoms with Gasteiger partial charge in [-0.05, 0) is 50.4 Å². The molecule has 6 nitrogen and oxygen atoms in total. The van der Waals surface area contributed by atoms with E-state index in [1.54, 1.807) is 17.1 Å². The van der Waals surface area contributed by atoms with Crippen molar-refractivity contribution in [1.29, 1.82) is 0 Å². The number of nitrogens with zero attached hydrogens (tertiary/aromatic N) is 4. The number of aliphatic hydroxyl groups is 1. The number of likely N-dealkylation sites (tertiary alicyclic amines) is 1. The van der Waals surface area contributed by atoms with Gasteiger partial charge in [0.15, 0.2) is 0 Å². The third kappa shape index (κ3) is 4.33. The SMILES string of the molecule is Cc1ccc(C)c(OCCN2CCCC(O)(Cn3ccnn3)C2)c1. The standard InChI is InChI=1S/C18H26N4O2/c1-15-4-5-16(2)17(12-15)24-11-10-21-8-3-6-18(23,13-21)14-22-9-7-19-20-22/h4-5,7,9,12,23H,3,6,8,10-11,13-14H2,1-2H3. The summed E-state index contributed by atoms with van der Waals surface area (Å²) in [5.74, 6) is 0.949. The average Bonchev–Trinajstić information content (AvgIpc) is 3.03. The number of rotatable bonds is 6. The van der Waals surface area contributed by atoms with Gasteiger partial charge in [-0.25, -0.2) is 4.68 Å². The van der Waals surface area contributed by atoms with Crippen LogP contribution in [0.4, 0.5) is 0 Å². The fourth-order valence-electron chi connectivity index (χ4n) is 3.29. The molecule has 0 aliphatic carbocycles. The fraction of sp³-hybridized carbons (Fsp3) is 0.556. The molecular weight excluding hydrogens is 304 g/mol. The van der Waals surface area contributed by atoms with Gasteiger partial charge in [-0.15, -0.1) is 5.10 Å². The van der Waals surface area contributed by atoms with Gasteiger partial charge in [-0.2, -0.15) is 0 Å². The molecule has 0 spiro atoms. The van der Waals surface area contributed by atoms with Gasteiger partial charge in [0.05, 0.1) is 18.3 Å². The maximum Gasteiger partial charge on any atom is 0.122 e. The third-order valence-corrected chi connectivity index (χ3v) is 4.57. The van der Waals surface area contributed by atoms with Crippen LogP contribution in [-0.2, 0) is 6.54 Å². The van der Waals surface area contributed by atoms with E-state index in [0.29, 0.717) is 19.7 Å². The maximum atomic E-state index is 10.8. The van der Waals surface area contributed by atoms with Crippen LogP contribution >= 0.6 is 0 Å². The van der Waals surface area contributed by atoms with Gasteiger partial charge >= 0.3 is 0 Å². The monoisotopic (exact) mass is 330 g/mol. The van der Waals surface area contributed by atoms with Crippen molar-refractivity contribution in [3.8, 4) is 5.75 Å². The lowest BCUT2D eigenvalue weighted by Crippen LogP contribution is -2.51. The highest BCUT2D eigenvalue weighted by Crippen LogP contribution is 2.23. The quantitative estimate of drug-likeness (QED) is 0.875. The molecule has 1 aromatic carbocycles. The van der Waals surface area contributed by atoms with Gasteiger partial charge in [0.1, 0.15) is 12.4 Å². The third-order valence-electron chi connectivity index (χ3n) is 4.57. The first-order chi connectivity index (χ1) is 11.5. The van der Waals surface area contributed by atoms with E-state index in [4.69, 9.17) is 4.74 Å². The Morgan fingerprint density at radius 1 is 1.33 bits per heavy atom. The molecule has 1 aliphatic rings. The van der Waals surface area contributed by atoms with Crippen molar-refractivity contribution < 1.29 is 9.84 Å². The van der Waals surface area contributed by atoms with E-state index in [0.717, 1.165) is 37.2 Å². The highest BCUT2D eigenvalue weighted by Gasteiger charge is 2.33. The molecule has 1 atom stereocenters. The zero-order valence-corrected chi connectivity index (χ0v) is 14.5. The van der Waals surface area contributed by atoms with Crippen LogP contribution in [-0.4, -0.2) is 56.8 Å². The minimum absolute atomic E-state index is 0.487. The van der Waals surface area contributed by atoms with E-state index in [1.807, 2.05) is 0 Å². The van der Waals surface area contributed by atoms with Crippen molar-refractivity contribution >= 4 is 0 Å². The lowest BCUT2D eigenvalue weighted by molar-refractivity contribution is -0.0476. The predicted molar refractivity (Wildman–Crippen MR) is 92.1 cm³/mol. The van der Waals surface area contributed by atoms with E-state index in [9.17, 15) is 5.11 Å². The number of hydrogen-bond donors (Lipinski definition) is 1. The van der Waals surface area contributed by atoms with Crippen LogP contribution in [0, 0.1) is 13.8 Å². The first kappa shape index (κ1) is 16.9. The molecule has 2 aromatic rings. The summed E-state index contributed by atoms with van der Waals surface area (Å²) in [5, 5.41) is 18.6. The van der Waals surface area contributed by atoms with Gasteiger partial charge in [-0.3, -0.25) is 4.90 Å². The van der Waals surface area contributed by atoms with Crippen LogP contribution < -0.4 is 4.74 Å². The Morgan fingerprint density at radius 3 is 3.00 bits per heavy atom. The number of β-amino-alcohol motifs (C(OH)–C–C–N with tert-alkyl or cyclic N) is 1. The van der Waals surface area contributed by atoms with Crippen LogP contribution in [0.2, 0.25) is 0 Å². The van der Waals surface area contributed by atoms with Crippen LogP contribution in [0.1, 0.15) is 24.0 Å². The molecule has 2 heterocycles. The van der Waals surface area contributed by atoms with Crippen molar-refractivity contribution in [2.45, 2.75) is 38.8 Å². The second-order valence-corrected chi connectivity index (χ2v) is 6.82. The van der Waals surface area contributed by atoms with Crippen LogP contribution in [0.25, 0.3) is 0 Å². The van der Waals surface area contributed by atoms with Crippen LogP contribution in [0.15, 0.2) is 30.6 Å². The fourth-order valence-corrected chi connectivity index (χ4v) is 3.29. The Hall–Kier alpha value is -1.92. The van der Waals surface area contributed by atoms with Crippen molar-refractivity contribution in [3.63, 3.8) is 0 Å². The van der Waals surface area contributed by atoms with E-state index in [2.05, 4.69) is 47.3 Å². The van der Waals surface area contributed by atoms with Gasteiger partial charge in [0, 0.05) is 19.3 Å².